The first-order chi connectivity index (χ1) is 15.7. The normalized spacial score (nSPS) is 11.1. The number of fused-ring (bicyclic) bond motifs is 1. The number of nitrogens with one attached hydrogen (secondary N) is 2. The number of thioether (sulfide) groups is 1. The molecule has 1 aromatic carbocycles. The van der Waals surface area contributed by atoms with E-state index in [4.69, 9.17) is 0 Å². The van der Waals surface area contributed by atoms with E-state index in [2.05, 4.69) is 15.6 Å². The maximum atomic E-state index is 12.7. The molecular weight excluding hydrogens is 444 g/mol. The minimum Gasteiger partial charge on any atom is -0.326 e. The Kier molecular flexibility index (Phi) is 7.42. The van der Waals surface area contributed by atoms with Gasteiger partial charge < -0.3 is 15.2 Å². The van der Waals surface area contributed by atoms with E-state index in [0.717, 1.165) is 16.6 Å². The van der Waals surface area contributed by atoms with Crippen LogP contribution in [0.2, 0.25) is 0 Å². The van der Waals surface area contributed by atoms with E-state index >= 15 is 0 Å². The number of aryl methyl sites for hydroxylation is 3. The Hall–Kier alpha value is -3.34. The fraction of sp³-hybridized carbons (Fsp3) is 0.409. The van der Waals surface area contributed by atoms with Gasteiger partial charge in [-0.15, -0.1) is 0 Å². The number of hydrogen-bond donors (Lipinski definition) is 2. The fourth-order valence-electron chi connectivity index (χ4n) is 3.42. The van der Waals surface area contributed by atoms with Gasteiger partial charge in [0.05, 0.1) is 5.75 Å². The number of nitrogens with zero attached hydrogens (tertiary/aromatic N) is 4. The molecule has 11 heteroatoms. The summed E-state index contributed by atoms with van der Waals surface area (Å²) in [6.07, 6.45) is 1.15. The first-order valence-corrected chi connectivity index (χ1v) is 11.7. The highest BCUT2D eigenvalue weighted by Gasteiger charge is 2.19. The molecule has 176 valence electrons. The molecule has 0 aliphatic rings. The Morgan fingerprint density at radius 1 is 1.06 bits per heavy atom. The minimum absolute atomic E-state index is 0.0754. The molecule has 0 radical (unpaired) electrons. The van der Waals surface area contributed by atoms with Gasteiger partial charge in [-0.05, 0) is 37.1 Å². The van der Waals surface area contributed by atoms with Crippen molar-refractivity contribution in [2.45, 2.75) is 45.3 Å². The molecule has 0 unspecified atom stereocenters. The number of benzene rings is 1. The van der Waals surface area contributed by atoms with Crippen LogP contribution >= 0.6 is 11.8 Å². The highest BCUT2D eigenvalue weighted by atomic mass is 32.2. The number of imidazole rings is 1. The van der Waals surface area contributed by atoms with Crippen molar-refractivity contribution < 1.29 is 9.59 Å². The SMILES string of the molecule is CCCn1c(SCC(=O)Nc2ccc(NC(=O)CC)c(C)c2)nc2c1c(=O)n(C)c(=O)n2C. The van der Waals surface area contributed by atoms with Crippen molar-refractivity contribution in [3.05, 3.63) is 44.6 Å². The van der Waals surface area contributed by atoms with Crippen LogP contribution in [0.25, 0.3) is 11.2 Å². The predicted molar refractivity (Wildman–Crippen MR) is 130 cm³/mol. The number of anilines is 2. The van der Waals surface area contributed by atoms with Crippen molar-refractivity contribution in [3.8, 4) is 0 Å². The van der Waals surface area contributed by atoms with Crippen LogP contribution in [-0.4, -0.2) is 36.3 Å². The van der Waals surface area contributed by atoms with Crippen molar-refractivity contribution >= 4 is 46.1 Å². The molecule has 0 saturated heterocycles. The number of amides is 2. The topological polar surface area (TPSA) is 120 Å². The lowest BCUT2D eigenvalue weighted by molar-refractivity contribution is -0.116. The van der Waals surface area contributed by atoms with E-state index in [1.807, 2.05) is 13.8 Å². The third kappa shape index (κ3) is 5.03. The molecule has 10 nitrogen and oxygen atoms in total. The molecule has 0 fully saturated rings. The third-order valence-corrected chi connectivity index (χ3v) is 6.17. The van der Waals surface area contributed by atoms with Gasteiger partial charge in [-0.25, -0.2) is 9.78 Å². The number of rotatable bonds is 8. The van der Waals surface area contributed by atoms with Gasteiger partial charge >= 0.3 is 5.69 Å². The fourth-order valence-corrected chi connectivity index (χ4v) is 4.24. The van der Waals surface area contributed by atoms with Crippen LogP contribution < -0.4 is 21.9 Å². The lowest BCUT2D eigenvalue weighted by Crippen LogP contribution is -2.37. The summed E-state index contributed by atoms with van der Waals surface area (Å²) in [6, 6.07) is 5.27. The average Bonchev–Trinajstić information content (AvgIpc) is 3.15. The summed E-state index contributed by atoms with van der Waals surface area (Å²) in [6.45, 7) is 6.16. The second-order valence-electron chi connectivity index (χ2n) is 7.69. The van der Waals surface area contributed by atoms with Crippen molar-refractivity contribution in [3.63, 3.8) is 0 Å². The van der Waals surface area contributed by atoms with E-state index in [1.54, 1.807) is 36.7 Å². The summed E-state index contributed by atoms with van der Waals surface area (Å²) in [5, 5.41) is 6.17. The van der Waals surface area contributed by atoms with E-state index in [0.29, 0.717) is 40.7 Å². The number of aromatic nitrogens is 4. The molecule has 0 saturated carbocycles. The Balaban J connectivity index is 1.79. The summed E-state index contributed by atoms with van der Waals surface area (Å²) >= 11 is 1.21. The molecule has 0 bridgehead atoms. The van der Waals surface area contributed by atoms with Crippen LogP contribution in [0.3, 0.4) is 0 Å². The van der Waals surface area contributed by atoms with Gasteiger partial charge in [0.2, 0.25) is 11.8 Å². The van der Waals surface area contributed by atoms with Gasteiger partial charge in [-0.2, -0.15) is 0 Å². The third-order valence-electron chi connectivity index (χ3n) is 5.20. The van der Waals surface area contributed by atoms with Gasteiger partial charge in [-0.3, -0.25) is 23.5 Å². The van der Waals surface area contributed by atoms with Gasteiger partial charge in [0.25, 0.3) is 5.56 Å². The standard InChI is InChI=1S/C22H28N6O4S/c1-6-10-28-18-19(26(4)22(32)27(5)20(18)31)25-21(28)33-12-17(30)23-14-8-9-15(13(3)11-14)24-16(29)7-2/h8-9,11H,6-7,10,12H2,1-5H3,(H,23,30)(H,24,29). The number of carbonyl (C=O) groups excluding carboxylic acids is 2. The molecule has 0 spiro atoms. The predicted octanol–water partition coefficient (Wildman–Crippen LogP) is 2.23. The van der Waals surface area contributed by atoms with Crippen molar-refractivity contribution in [1.82, 2.24) is 18.7 Å². The van der Waals surface area contributed by atoms with Gasteiger partial charge in [0, 0.05) is 38.4 Å². The van der Waals surface area contributed by atoms with Crippen molar-refractivity contribution in [2.24, 2.45) is 14.1 Å². The van der Waals surface area contributed by atoms with E-state index in [1.165, 1.54) is 23.4 Å². The summed E-state index contributed by atoms with van der Waals surface area (Å²) < 4.78 is 4.17. The highest BCUT2D eigenvalue weighted by molar-refractivity contribution is 7.99. The van der Waals surface area contributed by atoms with Crippen molar-refractivity contribution in [2.75, 3.05) is 16.4 Å². The van der Waals surface area contributed by atoms with Crippen LogP contribution in [-0.2, 0) is 30.2 Å². The Morgan fingerprint density at radius 3 is 2.42 bits per heavy atom. The smallest absolute Gasteiger partial charge is 0.326 e. The zero-order valence-corrected chi connectivity index (χ0v) is 20.2. The Bertz CT molecular complexity index is 1340. The van der Waals surface area contributed by atoms with Crippen LogP contribution in [0.15, 0.2) is 32.9 Å². The summed E-state index contributed by atoms with van der Waals surface area (Å²) in [4.78, 5) is 53.6. The Labute approximate surface area is 195 Å². The molecule has 3 aromatic rings. The summed E-state index contributed by atoms with van der Waals surface area (Å²) in [7, 11) is 3.01. The second-order valence-corrected chi connectivity index (χ2v) is 8.63. The minimum atomic E-state index is -0.447. The molecule has 2 N–H and O–H groups in total. The van der Waals surface area contributed by atoms with Gasteiger partial charge in [0.15, 0.2) is 16.3 Å². The zero-order chi connectivity index (χ0) is 24.3. The molecule has 0 aliphatic carbocycles. The molecule has 3 rings (SSSR count). The van der Waals surface area contributed by atoms with E-state index in [-0.39, 0.29) is 17.6 Å². The summed E-state index contributed by atoms with van der Waals surface area (Å²) in [5.41, 5.74) is 1.96. The zero-order valence-electron chi connectivity index (χ0n) is 19.4. The highest BCUT2D eigenvalue weighted by Crippen LogP contribution is 2.23. The van der Waals surface area contributed by atoms with Crippen LogP contribution in [0, 0.1) is 6.92 Å². The molecule has 2 aromatic heterocycles. The number of carbonyl (C=O) groups is 2. The number of hydrogen-bond acceptors (Lipinski definition) is 6. The van der Waals surface area contributed by atoms with E-state index < -0.39 is 11.2 Å². The van der Waals surface area contributed by atoms with Gasteiger partial charge in [-0.1, -0.05) is 25.6 Å². The van der Waals surface area contributed by atoms with Gasteiger partial charge in [0.1, 0.15) is 0 Å². The molecule has 2 amide bonds. The van der Waals surface area contributed by atoms with Crippen LogP contribution in [0.4, 0.5) is 11.4 Å². The van der Waals surface area contributed by atoms with E-state index in [9.17, 15) is 19.2 Å². The average molecular weight is 473 g/mol. The van der Waals surface area contributed by atoms with Crippen LogP contribution in [0.1, 0.15) is 32.3 Å². The molecule has 0 aliphatic heterocycles. The van der Waals surface area contributed by atoms with Crippen LogP contribution in [0.5, 0.6) is 0 Å². The summed E-state index contributed by atoms with van der Waals surface area (Å²) in [5.74, 6) is -0.232. The first kappa shape index (κ1) is 24.3. The quantitative estimate of drug-likeness (QED) is 0.485. The monoisotopic (exact) mass is 472 g/mol. The first-order valence-electron chi connectivity index (χ1n) is 10.7. The molecule has 33 heavy (non-hydrogen) atoms. The maximum Gasteiger partial charge on any atom is 0.332 e. The maximum absolute atomic E-state index is 12.7. The largest absolute Gasteiger partial charge is 0.332 e. The molecule has 0 atom stereocenters. The van der Waals surface area contributed by atoms with Crippen molar-refractivity contribution in [1.29, 1.82) is 0 Å². The lowest BCUT2D eigenvalue weighted by atomic mass is 10.1. The molecular formula is C22H28N6O4S. The molecule has 2 heterocycles. The second kappa shape index (κ2) is 10.1. The lowest BCUT2D eigenvalue weighted by Gasteiger charge is -2.11. The Morgan fingerprint density at radius 2 is 1.79 bits per heavy atom.